The van der Waals surface area contributed by atoms with Crippen LogP contribution in [0.3, 0.4) is 0 Å². The number of benzene rings is 2. The Morgan fingerprint density at radius 3 is 2.79 bits per heavy atom. The molecule has 0 unspecified atom stereocenters. The summed E-state index contributed by atoms with van der Waals surface area (Å²) in [5, 5.41) is 15.4. The summed E-state index contributed by atoms with van der Waals surface area (Å²) in [6, 6.07) is 16.5. The number of rotatable bonds is 4. The molecular weight excluding hydrogens is 300 g/mol. The van der Waals surface area contributed by atoms with Gasteiger partial charge < -0.3 is 5.32 Å². The van der Waals surface area contributed by atoms with Crippen LogP contribution in [0.1, 0.15) is 24.0 Å². The molecule has 0 aliphatic rings. The second kappa shape index (κ2) is 5.88. The van der Waals surface area contributed by atoms with Crippen LogP contribution in [-0.4, -0.2) is 31.6 Å². The van der Waals surface area contributed by atoms with Gasteiger partial charge in [0.15, 0.2) is 5.82 Å². The van der Waals surface area contributed by atoms with E-state index in [0.29, 0.717) is 17.4 Å². The minimum absolute atomic E-state index is 0.359. The van der Waals surface area contributed by atoms with Gasteiger partial charge in [-0.25, -0.2) is 4.98 Å². The highest BCUT2D eigenvalue weighted by Crippen LogP contribution is 2.21. The second-order valence-electron chi connectivity index (χ2n) is 6.06. The van der Waals surface area contributed by atoms with E-state index in [2.05, 4.69) is 52.0 Å². The van der Waals surface area contributed by atoms with Crippen LogP contribution in [0.5, 0.6) is 0 Å². The predicted molar refractivity (Wildman–Crippen MR) is 94.2 cm³/mol. The standard InChI is InChI=1S/C18H18N6/c1-12-8-9-15-16(10-12)24-18(21-22-23-24)17(20-15)19-11-13(2)14-6-4-3-5-7-14/h3-10,13H,11H2,1-2H3,(H,19,20)/t13-/m0/s1. The molecule has 6 nitrogen and oxygen atoms in total. The fourth-order valence-electron chi connectivity index (χ4n) is 2.83. The summed E-state index contributed by atoms with van der Waals surface area (Å²) in [5.74, 6) is 1.07. The lowest BCUT2D eigenvalue weighted by Crippen LogP contribution is -2.12. The molecule has 0 saturated heterocycles. The molecule has 0 aliphatic carbocycles. The van der Waals surface area contributed by atoms with Crippen LogP contribution in [0, 0.1) is 6.92 Å². The fourth-order valence-corrected chi connectivity index (χ4v) is 2.83. The highest BCUT2D eigenvalue weighted by Gasteiger charge is 2.13. The molecule has 2 heterocycles. The average Bonchev–Trinajstić information content (AvgIpc) is 3.10. The molecule has 0 amide bonds. The Balaban J connectivity index is 1.68. The van der Waals surface area contributed by atoms with Crippen LogP contribution in [0.15, 0.2) is 48.5 Å². The van der Waals surface area contributed by atoms with E-state index in [1.54, 1.807) is 4.52 Å². The van der Waals surface area contributed by atoms with Gasteiger partial charge in [0.25, 0.3) is 0 Å². The summed E-state index contributed by atoms with van der Waals surface area (Å²) in [4.78, 5) is 4.71. The van der Waals surface area contributed by atoms with Crippen molar-refractivity contribution in [3.05, 3.63) is 59.7 Å². The number of nitrogens with one attached hydrogen (secondary N) is 1. The van der Waals surface area contributed by atoms with E-state index in [1.165, 1.54) is 5.56 Å². The summed E-state index contributed by atoms with van der Waals surface area (Å²) in [5.41, 5.74) is 4.87. The second-order valence-corrected chi connectivity index (χ2v) is 6.06. The normalized spacial score (nSPS) is 12.6. The zero-order valence-corrected chi connectivity index (χ0v) is 13.6. The quantitative estimate of drug-likeness (QED) is 0.626. The minimum atomic E-state index is 0.359. The molecule has 120 valence electrons. The number of aromatic nitrogens is 5. The van der Waals surface area contributed by atoms with Gasteiger partial charge in [0.1, 0.15) is 0 Å². The number of aryl methyl sites for hydroxylation is 1. The third-order valence-electron chi connectivity index (χ3n) is 4.22. The first-order valence-corrected chi connectivity index (χ1v) is 7.99. The molecule has 6 heteroatoms. The first-order valence-electron chi connectivity index (χ1n) is 7.99. The van der Waals surface area contributed by atoms with Crippen molar-refractivity contribution in [2.45, 2.75) is 19.8 Å². The molecule has 24 heavy (non-hydrogen) atoms. The van der Waals surface area contributed by atoms with Gasteiger partial charge in [-0.1, -0.05) is 43.3 Å². The number of nitrogens with zero attached hydrogens (tertiary/aromatic N) is 5. The van der Waals surface area contributed by atoms with E-state index in [4.69, 9.17) is 4.98 Å². The van der Waals surface area contributed by atoms with Crippen molar-refractivity contribution >= 4 is 22.5 Å². The van der Waals surface area contributed by atoms with Crippen molar-refractivity contribution in [1.82, 2.24) is 25.0 Å². The first-order chi connectivity index (χ1) is 11.7. The van der Waals surface area contributed by atoms with Crippen LogP contribution < -0.4 is 5.32 Å². The van der Waals surface area contributed by atoms with Crippen molar-refractivity contribution in [3.8, 4) is 0 Å². The van der Waals surface area contributed by atoms with Gasteiger partial charge in [-0.15, -0.1) is 5.10 Å². The summed E-state index contributed by atoms with van der Waals surface area (Å²) in [6.07, 6.45) is 0. The van der Waals surface area contributed by atoms with Gasteiger partial charge in [-0.05, 0) is 46.5 Å². The number of fused-ring (bicyclic) bond motifs is 3. The summed E-state index contributed by atoms with van der Waals surface area (Å²) >= 11 is 0. The molecule has 0 radical (unpaired) electrons. The molecule has 1 atom stereocenters. The molecule has 2 aromatic heterocycles. The lowest BCUT2D eigenvalue weighted by atomic mass is 10.0. The first kappa shape index (κ1) is 14.6. The maximum Gasteiger partial charge on any atom is 0.222 e. The van der Waals surface area contributed by atoms with E-state index in [0.717, 1.165) is 23.1 Å². The van der Waals surface area contributed by atoms with E-state index in [9.17, 15) is 0 Å². The molecule has 0 fully saturated rings. The SMILES string of the molecule is Cc1ccc2nc(NC[C@H](C)c3ccccc3)c3nnnn3c2c1. The molecular formula is C18H18N6. The highest BCUT2D eigenvalue weighted by atomic mass is 15.5. The predicted octanol–water partition coefficient (Wildman–Crippen LogP) is 3.20. The maximum atomic E-state index is 4.71. The number of hydrogen-bond donors (Lipinski definition) is 1. The van der Waals surface area contributed by atoms with E-state index in [1.807, 2.05) is 31.2 Å². The van der Waals surface area contributed by atoms with Crippen molar-refractivity contribution in [1.29, 1.82) is 0 Å². The fraction of sp³-hybridized carbons (Fsp3) is 0.222. The smallest absolute Gasteiger partial charge is 0.222 e. The van der Waals surface area contributed by atoms with Gasteiger partial charge in [-0.3, -0.25) is 0 Å². The third kappa shape index (κ3) is 2.56. The molecule has 0 bridgehead atoms. The van der Waals surface area contributed by atoms with E-state index in [-0.39, 0.29) is 0 Å². The summed E-state index contributed by atoms with van der Waals surface area (Å²) in [6.45, 7) is 4.99. The van der Waals surface area contributed by atoms with Gasteiger partial charge in [-0.2, -0.15) is 4.52 Å². The number of hydrogen-bond acceptors (Lipinski definition) is 5. The van der Waals surface area contributed by atoms with Crippen LogP contribution >= 0.6 is 0 Å². The topological polar surface area (TPSA) is 68.0 Å². The Morgan fingerprint density at radius 1 is 1.12 bits per heavy atom. The Labute approximate surface area is 139 Å². The molecule has 4 rings (SSSR count). The van der Waals surface area contributed by atoms with Gasteiger partial charge in [0, 0.05) is 6.54 Å². The number of anilines is 1. The number of tetrazole rings is 1. The van der Waals surface area contributed by atoms with Crippen molar-refractivity contribution < 1.29 is 0 Å². The zero-order chi connectivity index (χ0) is 16.5. The molecule has 1 N–H and O–H groups in total. The zero-order valence-electron chi connectivity index (χ0n) is 13.6. The monoisotopic (exact) mass is 318 g/mol. The maximum absolute atomic E-state index is 4.71. The van der Waals surface area contributed by atoms with Crippen LogP contribution in [-0.2, 0) is 0 Å². The largest absolute Gasteiger partial charge is 0.366 e. The van der Waals surface area contributed by atoms with E-state index >= 15 is 0 Å². The molecule has 0 saturated carbocycles. The Hall–Kier alpha value is -3.02. The van der Waals surface area contributed by atoms with Gasteiger partial charge in [0.05, 0.1) is 11.0 Å². The highest BCUT2D eigenvalue weighted by molar-refractivity contribution is 5.82. The molecule has 4 aromatic rings. The van der Waals surface area contributed by atoms with E-state index < -0.39 is 0 Å². The van der Waals surface area contributed by atoms with Crippen LogP contribution in [0.4, 0.5) is 5.82 Å². The lowest BCUT2D eigenvalue weighted by Gasteiger charge is -2.14. The van der Waals surface area contributed by atoms with Gasteiger partial charge >= 0.3 is 0 Å². The van der Waals surface area contributed by atoms with Crippen molar-refractivity contribution in [2.24, 2.45) is 0 Å². The summed E-state index contributed by atoms with van der Waals surface area (Å²) in [7, 11) is 0. The third-order valence-corrected chi connectivity index (χ3v) is 4.22. The molecule has 0 aliphatic heterocycles. The average molecular weight is 318 g/mol. The minimum Gasteiger partial charge on any atom is -0.366 e. The Kier molecular flexibility index (Phi) is 3.57. The Bertz CT molecular complexity index is 992. The van der Waals surface area contributed by atoms with Crippen molar-refractivity contribution in [3.63, 3.8) is 0 Å². The van der Waals surface area contributed by atoms with Crippen molar-refractivity contribution in [2.75, 3.05) is 11.9 Å². The van der Waals surface area contributed by atoms with Crippen LogP contribution in [0.25, 0.3) is 16.7 Å². The summed E-state index contributed by atoms with van der Waals surface area (Å²) < 4.78 is 1.74. The Morgan fingerprint density at radius 2 is 1.96 bits per heavy atom. The lowest BCUT2D eigenvalue weighted by molar-refractivity contribution is 0.801. The molecule has 0 spiro atoms. The molecule has 2 aromatic carbocycles. The van der Waals surface area contributed by atoms with Gasteiger partial charge in [0.2, 0.25) is 5.65 Å². The van der Waals surface area contributed by atoms with Crippen LogP contribution in [0.2, 0.25) is 0 Å².